The number of aliphatic hydroxyl groups excluding tert-OH is 2. The average molecular weight is 298 g/mol. The van der Waals surface area contributed by atoms with Crippen molar-refractivity contribution in [3.8, 4) is 0 Å². The summed E-state index contributed by atoms with van der Waals surface area (Å²) < 4.78 is 0. The topological polar surface area (TPSA) is 111 Å². The van der Waals surface area contributed by atoms with Crippen molar-refractivity contribution in [2.75, 3.05) is 25.2 Å². The summed E-state index contributed by atoms with van der Waals surface area (Å²) in [7, 11) is 0. The fraction of sp³-hybridized carbons (Fsp3) is 0.583. The monoisotopic (exact) mass is 298 g/mol. The molecule has 2 rings (SSSR count). The first-order valence-corrected chi connectivity index (χ1v) is 7.69. The van der Waals surface area contributed by atoms with Crippen LogP contribution in [0.4, 0.5) is 5.69 Å². The summed E-state index contributed by atoms with van der Waals surface area (Å²) in [5, 5.41) is 22.0. The summed E-state index contributed by atoms with van der Waals surface area (Å²) in [4.78, 5) is 22.3. The molecule has 1 aliphatic rings. The number of aliphatic hydroxyl groups is 2. The molecule has 0 saturated carbocycles. The Balaban J connectivity index is 2.01. The number of nitrogens with zero attached hydrogens (tertiary/aromatic N) is 2. The van der Waals surface area contributed by atoms with Crippen LogP contribution in [0.3, 0.4) is 0 Å². The van der Waals surface area contributed by atoms with Crippen molar-refractivity contribution in [3.05, 3.63) is 22.4 Å². The van der Waals surface area contributed by atoms with Gasteiger partial charge in [-0.25, -0.2) is 4.98 Å². The van der Waals surface area contributed by atoms with Crippen molar-refractivity contribution >= 4 is 23.7 Å². The second kappa shape index (κ2) is 6.98. The number of hydrogen-bond acceptors (Lipinski definition) is 7. The molecule has 20 heavy (non-hydrogen) atoms. The number of fused-ring (bicyclic) bond motifs is 1. The normalized spacial score (nSPS) is 19.9. The average Bonchev–Trinajstić information content (AvgIpc) is 2.87. The van der Waals surface area contributed by atoms with Gasteiger partial charge in [-0.15, -0.1) is 0 Å². The lowest BCUT2D eigenvalue weighted by Gasteiger charge is -2.23. The van der Waals surface area contributed by atoms with Gasteiger partial charge in [-0.1, -0.05) is 0 Å². The quantitative estimate of drug-likeness (QED) is 0.527. The summed E-state index contributed by atoms with van der Waals surface area (Å²) in [6, 6.07) is -0.213. The predicted octanol–water partition coefficient (Wildman–Crippen LogP) is -0.756. The molecular formula is C12H18N4O3S. The predicted molar refractivity (Wildman–Crippen MR) is 79.0 cm³/mol. The van der Waals surface area contributed by atoms with Crippen LogP contribution in [0.15, 0.2) is 16.1 Å². The Morgan fingerprint density at radius 2 is 2.40 bits per heavy atom. The molecule has 2 heterocycles. The lowest BCUT2D eigenvalue weighted by Crippen LogP contribution is -2.45. The summed E-state index contributed by atoms with van der Waals surface area (Å²) >= 11 is 1.59. The van der Waals surface area contributed by atoms with E-state index in [1.54, 1.807) is 18.0 Å². The molecule has 4 N–H and O–H groups in total. The number of hydrogen-bond donors (Lipinski definition) is 4. The fourth-order valence-corrected chi connectivity index (χ4v) is 2.78. The molecule has 1 unspecified atom stereocenters. The van der Waals surface area contributed by atoms with Gasteiger partial charge in [0, 0.05) is 24.6 Å². The Bertz CT molecular complexity index is 534. The second-order valence-electron chi connectivity index (χ2n) is 4.57. The van der Waals surface area contributed by atoms with Crippen LogP contribution in [0, 0.1) is 0 Å². The molecule has 0 fully saturated rings. The molecule has 0 spiro atoms. The lowest BCUT2D eigenvalue weighted by molar-refractivity contribution is 0.0694. The molecule has 0 saturated heterocycles. The molecule has 0 aromatic carbocycles. The van der Waals surface area contributed by atoms with Gasteiger partial charge in [0.05, 0.1) is 30.7 Å². The van der Waals surface area contributed by atoms with Gasteiger partial charge in [0.25, 0.3) is 5.56 Å². The van der Waals surface area contributed by atoms with E-state index in [0.29, 0.717) is 23.7 Å². The van der Waals surface area contributed by atoms with E-state index < -0.39 is 6.10 Å². The SMILES string of the molecule is CSC[C@H](NCC1C=Nc2c1nc[nH]c2=O)[C@H](O)CO. The zero-order valence-corrected chi connectivity index (χ0v) is 11.9. The van der Waals surface area contributed by atoms with E-state index in [-0.39, 0.29) is 24.1 Å². The molecule has 1 aliphatic heterocycles. The van der Waals surface area contributed by atoms with Crippen LogP contribution in [0.2, 0.25) is 0 Å². The molecule has 8 heteroatoms. The van der Waals surface area contributed by atoms with Gasteiger partial charge in [-0.3, -0.25) is 9.79 Å². The highest BCUT2D eigenvalue weighted by Crippen LogP contribution is 2.25. The number of rotatable bonds is 7. The highest BCUT2D eigenvalue weighted by atomic mass is 32.2. The lowest BCUT2D eigenvalue weighted by atomic mass is 10.1. The van der Waals surface area contributed by atoms with Crippen LogP contribution in [0.1, 0.15) is 11.6 Å². The standard InChI is InChI=1S/C12H18N4O3S/c1-20-5-8(9(18)4-17)13-2-7-3-14-11-10(7)15-6-16-12(11)19/h3,6-9,13,17-18H,2,4-5H2,1H3,(H,15,16,19)/t7?,8-,9+/m0/s1. The summed E-state index contributed by atoms with van der Waals surface area (Å²) in [5.41, 5.74) is 0.746. The Kier molecular flexibility index (Phi) is 5.30. The van der Waals surface area contributed by atoms with Gasteiger partial charge in [-0.2, -0.15) is 11.8 Å². The van der Waals surface area contributed by atoms with Gasteiger partial charge in [0.15, 0.2) is 0 Å². The van der Waals surface area contributed by atoms with Crippen molar-refractivity contribution < 1.29 is 10.2 Å². The van der Waals surface area contributed by atoms with Gasteiger partial charge < -0.3 is 20.5 Å². The molecule has 1 aromatic heterocycles. The van der Waals surface area contributed by atoms with Crippen LogP contribution in [0.5, 0.6) is 0 Å². The third kappa shape index (κ3) is 3.26. The van der Waals surface area contributed by atoms with E-state index in [1.165, 1.54) is 6.33 Å². The van der Waals surface area contributed by atoms with Crippen LogP contribution in [-0.2, 0) is 0 Å². The van der Waals surface area contributed by atoms with Gasteiger partial charge in [0.1, 0.15) is 5.69 Å². The number of H-pyrrole nitrogens is 1. The van der Waals surface area contributed by atoms with Crippen molar-refractivity contribution in [1.29, 1.82) is 0 Å². The maximum Gasteiger partial charge on any atom is 0.276 e. The number of aromatic amines is 1. The van der Waals surface area contributed by atoms with Gasteiger partial charge >= 0.3 is 0 Å². The molecule has 1 aromatic rings. The van der Waals surface area contributed by atoms with Crippen LogP contribution in [-0.4, -0.2) is 63.7 Å². The first-order chi connectivity index (χ1) is 9.67. The number of nitrogens with one attached hydrogen (secondary N) is 2. The molecule has 110 valence electrons. The molecule has 3 atom stereocenters. The largest absolute Gasteiger partial charge is 0.394 e. The molecule has 7 nitrogen and oxygen atoms in total. The van der Waals surface area contributed by atoms with E-state index in [0.717, 1.165) is 0 Å². The van der Waals surface area contributed by atoms with Crippen molar-refractivity contribution in [1.82, 2.24) is 15.3 Å². The highest BCUT2D eigenvalue weighted by Gasteiger charge is 2.25. The summed E-state index contributed by atoms with van der Waals surface area (Å²) in [6.07, 6.45) is 4.17. The van der Waals surface area contributed by atoms with E-state index in [9.17, 15) is 9.90 Å². The van der Waals surface area contributed by atoms with Crippen LogP contribution < -0.4 is 10.9 Å². The highest BCUT2D eigenvalue weighted by molar-refractivity contribution is 7.98. The number of aromatic nitrogens is 2. The van der Waals surface area contributed by atoms with Gasteiger partial charge in [-0.05, 0) is 6.26 Å². The minimum atomic E-state index is -0.813. The summed E-state index contributed by atoms with van der Waals surface area (Å²) in [5.74, 6) is 0.587. The Labute approximate surface area is 120 Å². The third-order valence-electron chi connectivity index (χ3n) is 3.19. The maximum atomic E-state index is 11.5. The minimum absolute atomic E-state index is 0.0949. The zero-order chi connectivity index (χ0) is 14.5. The van der Waals surface area contributed by atoms with E-state index in [2.05, 4.69) is 20.3 Å². The van der Waals surface area contributed by atoms with Crippen LogP contribution >= 0.6 is 11.8 Å². The molecule has 0 radical (unpaired) electrons. The van der Waals surface area contributed by atoms with E-state index >= 15 is 0 Å². The zero-order valence-electron chi connectivity index (χ0n) is 11.1. The second-order valence-corrected chi connectivity index (χ2v) is 5.48. The van der Waals surface area contributed by atoms with Crippen molar-refractivity contribution in [2.45, 2.75) is 18.1 Å². The maximum absolute atomic E-state index is 11.5. The van der Waals surface area contributed by atoms with Gasteiger partial charge in [0.2, 0.25) is 0 Å². The molecular weight excluding hydrogens is 280 g/mol. The first-order valence-electron chi connectivity index (χ1n) is 6.30. The Morgan fingerprint density at radius 1 is 1.60 bits per heavy atom. The fourth-order valence-electron chi connectivity index (χ4n) is 2.08. The minimum Gasteiger partial charge on any atom is -0.394 e. The van der Waals surface area contributed by atoms with Crippen molar-refractivity contribution in [2.24, 2.45) is 4.99 Å². The molecule has 0 aliphatic carbocycles. The third-order valence-corrected chi connectivity index (χ3v) is 3.88. The van der Waals surface area contributed by atoms with E-state index in [1.807, 2.05) is 6.26 Å². The Morgan fingerprint density at radius 3 is 3.10 bits per heavy atom. The smallest absolute Gasteiger partial charge is 0.276 e. The Hall–Kier alpha value is -1.22. The van der Waals surface area contributed by atoms with Crippen molar-refractivity contribution in [3.63, 3.8) is 0 Å². The van der Waals surface area contributed by atoms with E-state index in [4.69, 9.17) is 5.11 Å². The summed E-state index contributed by atoms with van der Waals surface area (Å²) in [6.45, 7) is 0.223. The molecule has 0 amide bonds. The number of thioether (sulfide) groups is 1. The molecule has 0 bridgehead atoms. The number of aliphatic imine (C=N–C) groups is 1. The first kappa shape index (κ1) is 15.2. The van der Waals surface area contributed by atoms with Crippen LogP contribution in [0.25, 0.3) is 0 Å².